The van der Waals surface area contributed by atoms with E-state index in [1.807, 2.05) is 0 Å². The zero-order chi connectivity index (χ0) is 7.44. The first kappa shape index (κ1) is 7.92. The summed E-state index contributed by atoms with van der Waals surface area (Å²) in [6, 6.07) is 1.79. The van der Waals surface area contributed by atoms with Gasteiger partial charge in [0.05, 0.1) is 0 Å². The van der Waals surface area contributed by atoms with Crippen LogP contribution in [0.1, 0.15) is 6.92 Å². The maximum absolute atomic E-state index is 8.31. The van der Waals surface area contributed by atoms with Gasteiger partial charge in [-0.05, 0) is 6.92 Å². The van der Waals surface area contributed by atoms with Crippen LogP contribution in [0.15, 0.2) is 11.3 Å². The maximum atomic E-state index is 8.31. The molecule has 0 aromatic heterocycles. The minimum atomic E-state index is 0.0532. The van der Waals surface area contributed by atoms with Crippen molar-refractivity contribution in [3.8, 4) is 6.07 Å². The molecule has 48 valence electrons. The molecule has 0 spiro atoms. The Bertz CT molecular complexity index is 195. The molecule has 3 nitrogen and oxygen atoms in total. The summed E-state index contributed by atoms with van der Waals surface area (Å²) in [6.07, 6.45) is 0. The highest BCUT2D eigenvalue weighted by atomic mass is 32.1. The van der Waals surface area contributed by atoms with Crippen molar-refractivity contribution in [3.63, 3.8) is 0 Å². The second kappa shape index (κ2) is 3.05. The first-order chi connectivity index (χ1) is 4.09. The lowest BCUT2D eigenvalue weighted by Crippen LogP contribution is -2.14. The van der Waals surface area contributed by atoms with Gasteiger partial charge >= 0.3 is 0 Å². The molecule has 0 saturated heterocycles. The molecule has 0 saturated carbocycles. The van der Waals surface area contributed by atoms with Crippen molar-refractivity contribution in [1.29, 1.82) is 5.26 Å². The third-order valence-corrected chi connectivity index (χ3v) is 0.957. The lowest BCUT2D eigenvalue weighted by atomic mass is 10.2. The molecule has 0 rings (SSSR count). The number of thiocarbonyl (C=S) groups is 1. The summed E-state index contributed by atoms with van der Waals surface area (Å²) in [5.74, 6) is 0. The van der Waals surface area contributed by atoms with E-state index in [1.54, 1.807) is 13.0 Å². The summed E-state index contributed by atoms with van der Waals surface area (Å²) in [5, 5.41) is 8.31. The SMILES string of the molecule is CC(N)=C(C#N)C(N)=S. The third kappa shape index (κ3) is 2.11. The summed E-state index contributed by atoms with van der Waals surface area (Å²) in [4.78, 5) is 0.0532. The Morgan fingerprint density at radius 3 is 2.00 bits per heavy atom. The molecule has 0 aromatic carbocycles. The van der Waals surface area contributed by atoms with Crippen LogP contribution in [-0.2, 0) is 0 Å². The molecule has 0 radical (unpaired) electrons. The van der Waals surface area contributed by atoms with Crippen molar-refractivity contribution in [2.45, 2.75) is 6.92 Å². The third-order valence-electron chi connectivity index (χ3n) is 0.753. The fourth-order valence-electron chi connectivity index (χ4n) is 0.338. The lowest BCUT2D eigenvalue weighted by molar-refractivity contribution is 1.29. The van der Waals surface area contributed by atoms with Crippen LogP contribution in [-0.4, -0.2) is 4.99 Å². The van der Waals surface area contributed by atoms with Gasteiger partial charge in [0.2, 0.25) is 0 Å². The van der Waals surface area contributed by atoms with Crippen LogP contribution in [0.4, 0.5) is 0 Å². The lowest BCUT2D eigenvalue weighted by Gasteiger charge is -1.94. The molecule has 0 fully saturated rings. The molecular weight excluding hydrogens is 134 g/mol. The summed E-state index contributed by atoms with van der Waals surface area (Å²) >= 11 is 4.51. The summed E-state index contributed by atoms with van der Waals surface area (Å²) in [6.45, 7) is 1.58. The monoisotopic (exact) mass is 141 g/mol. The van der Waals surface area contributed by atoms with E-state index in [0.717, 1.165) is 0 Å². The molecule has 0 atom stereocenters. The Labute approximate surface area is 58.9 Å². The first-order valence-electron chi connectivity index (χ1n) is 2.26. The quantitative estimate of drug-likeness (QED) is 0.307. The van der Waals surface area contributed by atoms with Crippen molar-refractivity contribution in [2.24, 2.45) is 11.5 Å². The maximum Gasteiger partial charge on any atom is 0.116 e. The van der Waals surface area contributed by atoms with Gasteiger partial charge in [-0.15, -0.1) is 0 Å². The van der Waals surface area contributed by atoms with Crippen LogP contribution in [0.2, 0.25) is 0 Å². The van der Waals surface area contributed by atoms with Gasteiger partial charge in [-0.1, -0.05) is 12.2 Å². The average molecular weight is 141 g/mol. The van der Waals surface area contributed by atoms with Crippen molar-refractivity contribution >= 4 is 17.2 Å². The first-order valence-corrected chi connectivity index (χ1v) is 2.66. The molecule has 9 heavy (non-hydrogen) atoms. The fourth-order valence-corrected chi connectivity index (χ4v) is 0.544. The van der Waals surface area contributed by atoms with Crippen molar-refractivity contribution < 1.29 is 0 Å². The Morgan fingerprint density at radius 2 is 2.00 bits per heavy atom. The number of rotatable bonds is 1. The topological polar surface area (TPSA) is 75.8 Å². The molecule has 0 aliphatic heterocycles. The van der Waals surface area contributed by atoms with E-state index in [2.05, 4.69) is 12.2 Å². The number of nitrogens with two attached hydrogens (primary N) is 2. The standard InChI is InChI=1S/C5H7N3S/c1-3(7)4(2-6)5(8)9/h7H2,1H3,(H2,8,9). The van der Waals surface area contributed by atoms with E-state index in [9.17, 15) is 0 Å². The highest BCUT2D eigenvalue weighted by Gasteiger charge is 1.99. The van der Waals surface area contributed by atoms with Crippen LogP contribution < -0.4 is 11.5 Å². The highest BCUT2D eigenvalue weighted by Crippen LogP contribution is 1.95. The molecule has 0 aromatic rings. The molecule has 0 unspecified atom stereocenters. The smallest absolute Gasteiger partial charge is 0.116 e. The van der Waals surface area contributed by atoms with Crippen LogP contribution in [0.3, 0.4) is 0 Å². The van der Waals surface area contributed by atoms with Gasteiger partial charge < -0.3 is 11.5 Å². The largest absolute Gasteiger partial charge is 0.401 e. The van der Waals surface area contributed by atoms with Crippen LogP contribution in [0.25, 0.3) is 0 Å². The van der Waals surface area contributed by atoms with E-state index >= 15 is 0 Å². The van der Waals surface area contributed by atoms with Crippen molar-refractivity contribution in [3.05, 3.63) is 11.3 Å². The van der Waals surface area contributed by atoms with Crippen LogP contribution >= 0.6 is 12.2 Å². The Balaban J connectivity index is 4.62. The van der Waals surface area contributed by atoms with Crippen LogP contribution in [0.5, 0.6) is 0 Å². The zero-order valence-electron chi connectivity index (χ0n) is 5.01. The second-order valence-corrected chi connectivity index (χ2v) is 1.97. The fraction of sp³-hybridized carbons (Fsp3) is 0.200. The number of hydrogen-bond donors (Lipinski definition) is 2. The van der Waals surface area contributed by atoms with Gasteiger partial charge in [0.15, 0.2) is 0 Å². The minimum absolute atomic E-state index is 0.0532. The molecule has 0 heterocycles. The molecule has 0 aliphatic carbocycles. The predicted octanol–water partition coefficient (Wildman–Crippen LogP) is 0.0288. The molecule has 4 heteroatoms. The van der Waals surface area contributed by atoms with Crippen LogP contribution in [0, 0.1) is 11.3 Å². The van der Waals surface area contributed by atoms with Crippen molar-refractivity contribution in [1.82, 2.24) is 0 Å². The predicted molar refractivity (Wildman–Crippen MR) is 39.3 cm³/mol. The summed E-state index contributed by atoms with van der Waals surface area (Å²) in [7, 11) is 0. The van der Waals surface area contributed by atoms with E-state index < -0.39 is 0 Å². The van der Waals surface area contributed by atoms with Gasteiger partial charge in [0.1, 0.15) is 16.6 Å². The minimum Gasteiger partial charge on any atom is -0.401 e. The zero-order valence-corrected chi connectivity index (χ0v) is 5.83. The number of nitriles is 1. The normalized spacial score (nSPS) is 11.6. The molecule has 0 bridgehead atoms. The number of allylic oxidation sites excluding steroid dienone is 1. The molecule has 0 aliphatic rings. The molecule has 0 amide bonds. The van der Waals surface area contributed by atoms with Gasteiger partial charge in [-0.3, -0.25) is 0 Å². The van der Waals surface area contributed by atoms with E-state index in [4.69, 9.17) is 16.7 Å². The second-order valence-electron chi connectivity index (χ2n) is 1.53. The molecular formula is C5H7N3S. The van der Waals surface area contributed by atoms with E-state index in [0.29, 0.717) is 5.70 Å². The van der Waals surface area contributed by atoms with E-state index in [-0.39, 0.29) is 10.6 Å². The van der Waals surface area contributed by atoms with Gasteiger partial charge in [0.25, 0.3) is 0 Å². The summed E-state index contributed by atoms with van der Waals surface area (Å²) in [5.41, 5.74) is 10.9. The average Bonchev–Trinajstić information content (AvgIpc) is 1.64. The Hall–Kier alpha value is -1.08. The highest BCUT2D eigenvalue weighted by molar-refractivity contribution is 7.80. The van der Waals surface area contributed by atoms with Gasteiger partial charge in [0, 0.05) is 5.70 Å². The van der Waals surface area contributed by atoms with E-state index in [1.165, 1.54) is 0 Å². The Morgan fingerprint density at radius 1 is 1.56 bits per heavy atom. The molecule has 4 N–H and O–H groups in total. The number of hydrogen-bond acceptors (Lipinski definition) is 3. The Kier molecular flexibility index (Phi) is 2.68. The van der Waals surface area contributed by atoms with Crippen molar-refractivity contribution in [2.75, 3.05) is 0 Å². The summed E-state index contributed by atoms with van der Waals surface area (Å²) < 4.78 is 0. The van der Waals surface area contributed by atoms with Gasteiger partial charge in [-0.2, -0.15) is 5.26 Å². The number of nitrogens with zero attached hydrogens (tertiary/aromatic N) is 1. The van der Waals surface area contributed by atoms with Gasteiger partial charge in [-0.25, -0.2) is 0 Å².